The molecule has 11 heteroatoms. The second kappa shape index (κ2) is 16.2. The Hall–Kier alpha value is -1.38. The molecule has 11 nitrogen and oxygen atoms in total. The highest BCUT2D eigenvalue weighted by Gasteiger charge is 2.58. The van der Waals surface area contributed by atoms with E-state index in [9.17, 15) is 0 Å². The van der Waals surface area contributed by atoms with Gasteiger partial charge in [-0.1, -0.05) is 81.4 Å². The molecule has 60 heavy (non-hydrogen) atoms. The van der Waals surface area contributed by atoms with Crippen molar-refractivity contribution >= 4 is 0 Å². The van der Waals surface area contributed by atoms with Crippen LogP contribution in [-0.2, 0) is 47.4 Å². The van der Waals surface area contributed by atoms with Gasteiger partial charge >= 0.3 is 0 Å². The van der Waals surface area contributed by atoms with Crippen molar-refractivity contribution in [3.8, 4) is 5.75 Å². The molecule has 0 aromatic heterocycles. The van der Waals surface area contributed by atoms with E-state index in [0.29, 0.717) is 38.9 Å². The van der Waals surface area contributed by atoms with E-state index in [2.05, 4.69) is 69.2 Å². The van der Waals surface area contributed by atoms with Gasteiger partial charge in [-0.2, -0.15) is 0 Å². The number of methoxy groups -OCH3 is 1. The molecule has 344 valence electrons. The summed E-state index contributed by atoms with van der Waals surface area (Å²) in [5, 5.41) is 0. The molecule has 9 atom stereocenters. The molecule has 0 aliphatic carbocycles. The molecule has 0 spiro atoms. The highest BCUT2D eigenvalue weighted by Crippen LogP contribution is 2.53. The van der Waals surface area contributed by atoms with Crippen LogP contribution in [0.25, 0.3) is 0 Å². The molecule has 1 aromatic carbocycles. The van der Waals surface area contributed by atoms with Crippen LogP contribution in [0.5, 0.6) is 5.75 Å². The van der Waals surface area contributed by atoms with Gasteiger partial charge in [0.1, 0.15) is 5.75 Å². The lowest BCUT2D eigenvalue weighted by molar-refractivity contribution is -0.376. The molecule has 0 N–H and O–H groups in total. The van der Waals surface area contributed by atoms with Crippen LogP contribution in [0.15, 0.2) is 24.3 Å². The zero-order chi connectivity index (χ0) is 44.7. The molecule has 5 aliphatic rings. The zero-order valence-corrected chi connectivity index (χ0v) is 40.7. The van der Waals surface area contributed by atoms with Gasteiger partial charge in [0.05, 0.1) is 69.2 Å². The Morgan fingerprint density at radius 2 is 0.717 bits per heavy atom. The van der Waals surface area contributed by atoms with Crippen molar-refractivity contribution in [2.75, 3.05) is 20.3 Å². The first-order valence-electron chi connectivity index (χ1n) is 22.6. The molecule has 0 radical (unpaired) electrons. The summed E-state index contributed by atoms with van der Waals surface area (Å²) in [5.74, 6) is -2.20. The van der Waals surface area contributed by atoms with E-state index >= 15 is 0 Å². The SMILES string of the molecule is COc1ccc(C2O[C@@H](C[C@@H]3OC(C)(C)O[C@H](C[C@H]4OC(C)(C)OCC4(C)C)C3(C)C)C(C)(C)[C@@H](C[C@H]3OC(C)(C)O[C@@H](C[C@@H]4OC(C)(C)OCC4(C)C)C3(C)C)O2)cc1. The average molecular weight is 847 g/mol. The molecule has 0 saturated carbocycles. The summed E-state index contributed by atoms with van der Waals surface area (Å²) < 4.78 is 72.7. The molecule has 6 rings (SSSR count). The van der Waals surface area contributed by atoms with Gasteiger partial charge in [-0.15, -0.1) is 0 Å². The number of benzene rings is 1. The highest BCUT2D eigenvalue weighted by atomic mass is 16.7. The fraction of sp³-hybridized carbons (Fsp3) is 0.878. The van der Waals surface area contributed by atoms with Gasteiger partial charge in [0, 0.05) is 58.3 Å². The molecule has 5 heterocycles. The van der Waals surface area contributed by atoms with E-state index in [1.165, 1.54) is 0 Å². The highest BCUT2D eigenvalue weighted by molar-refractivity contribution is 5.28. The fourth-order valence-corrected chi connectivity index (χ4v) is 9.87. The predicted octanol–water partition coefficient (Wildman–Crippen LogP) is 10.5. The minimum atomic E-state index is -0.821. The fourth-order valence-electron chi connectivity index (χ4n) is 9.87. The summed E-state index contributed by atoms with van der Waals surface area (Å²) in [6.07, 6.45) is 0.766. The Morgan fingerprint density at radius 3 is 1.05 bits per heavy atom. The van der Waals surface area contributed by atoms with Gasteiger partial charge in [-0.3, -0.25) is 0 Å². The summed E-state index contributed by atoms with van der Waals surface area (Å²) >= 11 is 0. The van der Waals surface area contributed by atoms with E-state index in [0.717, 1.165) is 11.3 Å². The van der Waals surface area contributed by atoms with Crippen molar-refractivity contribution < 1.29 is 52.1 Å². The normalized spacial score (nSPS) is 38.4. The Balaban J connectivity index is 1.30. The van der Waals surface area contributed by atoms with Gasteiger partial charge < -0.3 is 52.1 Å². The van der Waals surface area contributed by atoms with Crippen molar-refractivity contribution in [3.05, 3.63) is 29.8 Å². The summed E-state index contributed by atoms with van der Waals surface area (Å²) in [6, 6.07) is 7.99. The third-order valence-corrected chi connectivity index (χ3v) is 14.5. The predicted molar refractivity (Wildman–Crippen MR) is 230 cm³/mol. The topological polar surface area (TPSA) is 102 Å². The lowest BCUT2D eigenvalue weighted by atomic mass is 9.67. The van der Waals surface area contributed by atoms with Crippen molar-refractivity contribution in [3.63, 3.8) is 0 Å². The van der Waals surface area contributed by atoms with Crippen molar-refractivity contribution in [2.45, 2.75) is 229 Å². The van der Waals surface area contributed by atoms with Crippen LogP contribution in [0.3, 0.4) is 0 Å². The Kier molecular flexibility index (Phi) is 13.0. The molecular weight excluding hydrogens is 765 g/mol. The van der Waals surface area contributed by atoms with E-state index < -0.39 is 45.7 Å². The Morgan fingerprint density at radius 1 is 0.417 bits per heavy atom. The van der Waals surface area contributed by atoms with Crippen molar-refractivity contribution in [1.29, 1.82) is 0 Å². The van der Waals surface area contributed by atoms with Crippen molar-refractivity contribution in [2.24, 2.45) is 27.1 Å². The molecule has 5 saturated heterocycles. The van der Waals surface area contributed by atoms with Crippen LogP contribution in [0.4, 0.5) is 0 Å². The van der Waals surface area contributed by atoms with Gasteiger partial charge in [0.15, 0.2) is 29.4 Å². The molecule has 0 bridgehead atoms. The smallest absolute Gasteiger partial charge is 0.184 e. The quantitative estimate of drug-likeness (QED) is 0.225. The minimum absolute atomic E-state index is 0.0637. The van der Waals surface area contributed by atoms with Crippen molar-refractivity contribution in [1.82, 2.24) is 0 Å². The summed E-state index contributed by atoms with van der Waals surface area (Å²) in [7, 11) is 1.68. The summed E-state index contributed by atoms with van der Waals surface area (Å²) in [5.41, 5.74) is -0.676. The van der Waals surface area contributed by atoms with Crippen LogP contribution < -0.4 is 4.74 Å². The number of hydrogen-bond acceptors (Lipinski definition) is 11. The largest absolute Gasteiger partial charge is 0.497 e. The van der Waals surface area contributed by atoms with Gasteiger partial charge in [-0.25, -0.2) is 0 Å². The molecule has 5 fully saturated rings. The first-order chi connectivity index (χ1) is 27.3. The van der Waals surface area contributed by atoms with E-state index in [4.69, 9.17) is 52.1 Å². The average Bonchev–Trinajstić information content (AvgIpc) is 3.10. The zero-order valence-electron chi connectivity index (χ0n) is 40.7. The first-order valence-corrected chi connectivity index (χ1v) is 22.6. The molecule has 0 amide bonds. The second-order valence-electron chi connectivity index (χ2n) is 23.6. The standard InChI is InChI=1S/C49H82O11/c1-41(2)28-51-46(11,12)55-32(41)24-36-44(7,8)38(59-48(15,16)57-36)26-34-43(5,6)35(54-40(53-34)30-20-22-31(50-19)23-21-30)27-39-45(9,10)37(58-49(17,18)60-39)25-33-42(3,4)29-52-47(13,14)56-33/h20-23,32-40H,24-29H2,1-19H3/t32-,33+,34+,35-,36-,37+,38+,39-,40?. The lowest BCUT2D eigenvalue weighted by Crippen LogP contribution is -2.62. The maximum atomic E-state index is 7.13. The number of rotatable bonds is 10. The first kappa shape index (κ1) is 48.1. The van der Waals surface area contributed by atoms with Gasteiger partial charge in [0.2, 0.25) is 0 Å². The lowest BCUT2D eigenvalue weighted by Gasteiger charge is -2.57. The third kappa shape index (κ3) is 10.3. The van der Waals surface area contributed by atoms with Gasteiger partial charge in [-0.05, 0) is 67.5 Å². The molecular formula is C49H82O11. The van der Waals surface area contributed by atoms with E-state index in [1.807, 2.05) is 79.7 Å². The number of ether oxygens (including phenoxy) is 11. The van der Waals surface area contributed by atoms with E-state index in [1.54, 1.807) is 7.11 Å². The third-order valence-electron chi connectivity index (χ3n) is 14.5. The Bertz CT molecular complexity index is 1530. The summed E-state index contributed by atoms with van der Waals surface area (Å²) in [6.45, 7) is 39.8. The Labute approximate surface area is 362 Å². The summed E-state index contributed by atoms with van der Waals surface area (Å²) in [4.78, 5) is 0. The van der Waals surface area contributed by atoms with Crippen LogP contribution in [0, 0.1) is 27.1 Å². The van der Waals surface area contributed by atoms with Gasteiger partial charge in [0.25, 0.3) is 0 Å². The monoisotopic (exact) mass is 847 g/mol. The van der Waals surface area contributed by atoms with Crippen LogP contribution in [0.2, 0.25) is 0 Å². The van der Waals surface area contributed by atoms with E-state index in [-0.39, 0.29) is 59.7 Å². The van der Waals surface area contributed by atoms with Crippen LogP contribution >= 0.6 is 0 Å². The van der Waals surface area contributed by atoms with Crippen LogP contribution in [-0.4, -0.2) is 92.3 Å². The molecule has 5 aliphatic heterocycles. The number of hydrogen-bond donors (Lipinski definition) is 0. The molecule has 1 aromatic rings. The maximum Gasteiger partial charge on any atom is 0.184 e. The maximum absolute atomic E-state index is 7.13. The van der Waals surface area contributed by atoms with Crippen LogP contribution in [0.1, 0.15) is 162 Å². The second-order valence-corrected chi connectivity index (χ2v) is 23.6. The minimum Gasteiger partial charge on any atom is -0.497 e. The molecule has 1 unspecified atom stereocenters.